The van der Waals surface area contributed by atoms with E-state index < -0.39 is 0 Å². The van der Waals surface area contributed by atoms with E-state index in [1.807, 2.05) is 24.4 Å². The van der Waals surface area contributed by atoms with Crippen LogP contribution in [0.4, 0.5) is 0 Å². The monoisotopic (exact) mass is 309 g/mol. The van der Waals surface area contributed by atoms with Gasteiger partial charge >= 0.3 is 0 Å². The fourth-order valence-electron chi connectivity index (χ4n) is 1.69. The first-order chi connectivity index (χ1) is 9.65. The molecule has 0 unspecified atom stereocenters. The number of nitrogens with one attached hydrogen (secondary N) is 1. The van der Waals surface area contributed by atoms with Gasteiger partial charge in [0.25, 0.3) is 0 Å². The zero-order valence-electron chi connectivity index (χ0n) is 10.9. The Morgan fingerprint density at radius 2 is 2.40 bits per heavy atom. The second-order valence-electron chi connectivity index (χ2n) is 4.70. The summed E-state index contributed by atoms with van der Waals surface area (Å²) in [6, 6.07) is 4.24. The highest BCUT2D eigenvalue weighted by atomic mass is 32.2. The molecule has 0 aromatic carbocycles. The molecule has 0 saturated heterocycles. The number of carbonyl (C=O) groups is 1. The maximum atomic E-state index is 11.9. The van der Waals surface area contributed by atoms with Gasteiger partial charge in [-0.25, -0.2) is 4.68 Å². The fourth-order valence-corrected chi connectivity index (χ4v) is 3.17. The number of amides is 1. The van der Waals surface area contributed by atoms with E-state index in [9.17, 15) is 4.79 Å². The Hall–Kier alpha value is -1.54. The standard InChI is InChI=1S/C12H15N5OS2/c1-7(11(18)14-8-4-5-8)20-12-16-15-10(17(12)13)9-3-2-6-19-9/h2-3,6-8H,4-5,13H2,1H3,(H,14,18)/t7-/m1/s1. The van der Waals surface area contributed by atoms with E-state index in [0.717, 1.165) is 17.7 Å². The van der Waals surface area contributed by atoms with E-state index in [0.29, 0.717) is 17.0 Å². The average Bonchev–Trinajstić information content (AvgIpc) is 2.94. The number of thioether (sulfide) groups is 1. The van der Waals surface area contributed by atoms with E-state index >= 15 is 0 Å². The molecule has 2 aromatic heterocycles. The minimum Gasteiger partial charge on any atom is -0.352 e. The van der Waals surface area contributed by atoms with Gasteiger partial charge in [-0.15, -0.1) is 21.5 Å². The number of carbonyl (C=O) groups excluding carboxylic acids is 1. The molecule has 3 N–H and O–H groups in total. The Balaban J connectivity index is 1.69. The lowest BCUT2D eigenvalue weighted by atomic mass is 10.4. The highest BCUT2D eigenvalue weighted by Crippen LogP contribution is 2.27. The molecule has 1 aliphatic carbocycles. The summed E-state index contributed by atoms with van der Waals surface area (Å²) in [5.41, 5.74) is 0. The lowest BCUT2D eigenvalue weighted by molar-refractivity contribution is -0.120. The minimum atomic E-state index is -0.238. The molecule has 1 amide bonds. The molecule has 1 fully saturated rings. The highest BCUT2D eigenvalue weighted by molar-refractivity contribution is 8.00. The first-order valence-corrected chi connectivity index (χ1v) is 8.12. The smallest absolute Gasteiger partial charge is 0.233 e. The van der Waals surface area contributed by atoms with Crippen molar-refractivity contribution in [1.29, 1.82) is 0 Å². The Kier molecular flexibility index (Phi) is 3.66. The van der Waals surface area contributed by atoms with Gasteiger partial charge in [0.2, 0.25) is 11.1 Å². The van der Waals surface area contributed by atoms with Crippen LogP contribution in [0.3, 0.4) is 0 Å². The predicted octanol–water partition coefficient (Wildman–Crippen LogP) is 1.48. The molecule has 6 nitrogen and oxygen atoms in total. The molecular weight excluding hydrogens is 294 g/mol. The van der Waals surface area contributed by atoms with Crippen molar-refractivity contribution in [2.45, 2.75) is 36.2 Å². The quantitative estimate of drug-likeness (QED) is 0.645. The summed E-state index contributed by atoms with van der Waals surface area (Å²) >= 11 is 2.88. The SMILES string of the molecule is C[C@@H](Sc1nnc(-c2cccs2)n1N)C(=O)NC1CC1. The lowest BCUT2D eigenvalue weighted by Crippen LogP contribution is -2.32. The summed E-state index contributed by atoms with van der Waals surface area (Å²) < 4.78 is 1.44. The molecule has 0 spiro atoms. The second kappa shape index (κ2) is 5.45. The van der Waals surface area contributed by atoms with Crippen LogP contribution < -0.4 is 11.2 Å². The normalized spacial score (nSPS) is 16.1. The third-order valence-electron chi connectivity index (χ3n) is 2.98. The third kappa shape index (κ3) is 2.80. The maximum absolute atomic E-state index is 11.9. The molecule has 2 heterocycles. The van der Waals surface area contributed by atoms with Crippen molar-refractivity contribution in [2.24, 2.45) is 0 Å². The molecule has 1 atom stereocenters. The van der Waals surface area contributed by atoms with Gasteiger partial charge in [-0.1, -0.05) is 17.8 Å². The largest absolute Gasteiger partial charge is 0.352 e. The highest BCUT2D eigenvalue weighted by Gasteiger charge is 2.27. The molecule has 0 radical (unpaired) electrons. The molecule has 106 valence electrons. The van der Waals surface area contributed by atoms with Crippen LogP contribution in [0, 0.1) is 0 Å². The van der Waals surface area contributed by atoms with Crippen LogP contribution >= 0.6 is 23.1 Å². The number of aromatic nitrogens is 3. The summed E-state index contributed by atoms with van der Waals surface area (Å²) in [5, 5.41) is 13.4. The summed E-state index contributed by atoms with van der Waals surface area (Å²) in [5.74, 6) is 6.65. The van der Waals surface area contributed by atoms with Crippen molar-refractivity contribution in [3.8, 4) is 10.7 Å². The molecule has 1 saturated carbocycles. The molecule has 0 aliphatic heterocycles. The average molecular weight is 309 g/mol. The Morgan fingerprint density at radius 3 is 3.05 bits per heavy atom. The molecule has 1 aliphatic rings. The van der Waals surface area contributed by atoms with Crippen LogP contribution in [0.15, 0.2) is 22.7 Å². The van der Waals surface area contributed by atoms with Crippen LogP contribution in [0.2, 0.25) is 0 Å². The summed E-state index contributed by atoms with van der Waals surface area (Å²) in [6.45, 7) is 1.85. The van der Waals surface area contributed by atoms with E-state index in [1.165, 1.54) is 16.4 Å². The second-order valence-corrected chi connectivity index (χ2v) is 6.95. The summed E-state index contributed by atoms with van der Waals surface area (Å²) in [4.78, 5) is 12.9. The van der Waals surface area contributed by atoms with E-state index in [-0.39, 0.29) is 11.2 Å². The molecular formula is C12H15N5OS2. The van der Waals surface area contributed by atoms with Crippen molar-refractivity contribution in [3.05, 3.63) is 17.5 Å². The fraction of sp³-hybridized carbons (Fsp3) is 0.417. The lowest BCUT2D eigenvalue weighted by Gasteiger charge is -2.10. The van der Waals surface area contributed by atoms with Crippen LogP contribution in [-0.4, -0.2) is 32.1 Å². The number of nitrogens with zero attached hydrogens (tertiary/aromatic N) is 3. The van der Waals surface area contributed by atoms with Gasteiger partial charge in [-0.05, 0) is 31.2 Å². The summed E-state index contributed by atoms with van der Waals surface area (Å²) in [7, 11) is 0. The van der Waals surface area contributed by atoms with E-state index in [2.05, 4.69) is 15.5 Å². The minimum absolute atomic E-state index is 0.0261. The number of thiophene rings is 1. The molecule has 2 aromatic rings. The topological polar surface area (TPSA) is 85.8 Å². The van der Waals surface area contributed by atoms with Gasteiger partial charge in [0.15, 0.2) is 5.82 Å². The van der Waals surface area contributed by atoms with E-state index in [1.54, 1.807) is 11.3 Å². The van der Waals surface area contributed by atoms with Gasteiger partial charge in [-0.3, -0.25) is 4.79 Å². The van der Waals surface area contributed by atoms with Crippen LogP contribution in [-0.2, 0) is 4.79 Å². The van der Waals surface area contributed by atoms with Crippen molar-refractivity contribution in [2.75, 3.05) is 5.84 Å². The van der Waals surface area contributed by atoms with Crippen LogP contribution in [0.5, 0.6) is 0 Å². The van der Waals surface area contributed by atoms with Gasteiger partial charge in [0.05, 0.1) is 10.1 Å². The van der Waals surface area contributed by atoms with Crippen molar-refractivity contribution in [3.63, 3.8) is 0 Å². The van der Waals surface area contributed by atoms with Gasteiger partial charge in [-0.2, -0.15) is 0 Å². The van der Waals surface area contributed by atoms with E-state index in [4.69, 9.17) is 5.84 Å². The van der Waals surface area contributed by atoms with Crippen LogP contribution in [0.1, 0.15) is 19.8 Å². The van der Waals surface area contributed by atoms with Crippen molar-refractivity contribution in [1.82, 2.24) is 20.2 Å². The molecule has 0 bridgehead atoms. The molecule has 8 heteroatoms. The van der Waals surface area contributed by atoms with Gasteiger partial charge < -0.3 is 11.2 Å². The number of nitrogens with two attached hydrogens (primary N) is 1. The molecule has 20 heavy (non-hydrogen) atoms. The van der Waals surface area contributed by atoms with Crippen molar-refractivity contribution < 1.29 is 4.79 Å². The Morgan fingerprint density at radius 1 is 1.60 bits per heavy atom. The number of hydrogen-bond donors (Lipinski definition) is 2. The Bertz CT molecular complexity index is 605. The maximum Gasteiger partial charge on any atom is 0.233 e. The zero-order chi connectivity index (χ0) is 14.1. The summed E-state index contributed by atoms with van der Waals surface area (Å²) in [6.07, 6.45) is 2.16. The number of nitrogen functional groups attached to an aromatic ring is 1. The van der Waals surface area contributed by atoms with Gasteiger partial charge in [0, 0.05) is 6.04 Å². The van der Waals surface area contributed by atoms with Gasteiger partial charge in [0.1, 0.15) is 0 Å². The van der Waals surface area contributed by atoms with Crippen LogP contribution in [0.25, 0.3) is 10.7 Å². The first kappa shape index (κ1) is 13.4. The Labute approximate surface area is 124 Å². The number of rotatable bonds is 5. The van der Waals surface area contributed by atoms with Crippen molar-refractivity contribution >= 4 is 29.0 Å². The predicted molar refractivity (Wildman–Crippen MR) is 80.0 cm³/mol. The molecule has 3 rings (SSSR count). The zero-order valence-corrected chi connectivity index (χ0v) is 12.6. The first-order valence-electron chi connectivity index (χ1n) is 6.36. The number of hydrogen-bond acceptors (Lipinski definition) is 6. The third-order valence-corrected chi connectivity index (χ3v) is 4.90.